The quantitative estimate of drug-likeness (QED) is 0.793. The van der Waals surface area contributed by atoms with Gasteiger partial charge in [0.1, 0.15) is 0 Å². The summed E-state index contributed by atoms with van der Waals surface area (Å²) >= 11 is 3.42. The second-order valence-corrected chi connectivity index (χ2v) is 6.98. The van der Waals surface area contributed by atoms with Crippen molar-refractivity contribution in [3.05, 3.63) is 28.2 Å². The van der Waals surface area contributed by atoms with Gasteiger partial charge in [0.15, 0.2) is 0 Å². The summed E-state index contributed by atoms with van der Waals surface area (Å²) in [5.74, 6) is -0.0341. The second kappa shape index (κ2) is 7.59. The molecule has 0 fully saturated rings. The van der Waals surface area contributed by atoms with Crippen LogP contribution in [0.15, 0.2) is 22.7 Å². The van der Waals surface area contributed by atoms with Gasteiger partial charge in [-0.1, -0.05) is 36.7 Å². The maximum Gasteiger partial charge on any atom is 0.225 e. The van der Waals surface area contributed by atoms with Crippen molar-refractivity contribution in [2.24, 2.45) is 5.41 Å². The fraction of sp³-hybridized carbons (Fsp3) is 0.500. The molecule has 0 saturated heterocycles. The molecule has 0 aromatic heterocycles. The number of halogens is 1. The molecule has 116 valence electrons. The molecule has 2 N–H and O–H groups in total. The van der Waals surface area contributed by atoms with Gasteiger partial charge in [-0.3, -0.25) is 9.59 Å². The van der Waals surface area contributed by atoms with E-state index in [-0.39, 0.29) is 11.8 Å². The highest BCUT2D eigenvalue weighted by molar-refractivity contribution is 9.10. The van der Waals surface area contributed by atoms with E-state index >= 15 is 0 Å². The van der Waals surface area contributed by atoms with Gasteiger partial charge in [0.25, 0.3) is 0 Å². The van der Waals surface area contributed by atoms with Gasteiger partial charge in [-0.25, -0.2) is 0 Å². The first-order chi connectivity index (χ1) is 9.70. The number of nitrogens with one attached hydrogen (secondary N) is 2. The fourth-order valence-corrected chi connectivity index (χ4v) is 1.91. The fourth-order valence-electron chi connectivity index (χ4n) is 1.66. The van der Waals surface area contributed by atoms with Crippen molar-refractivity contribution >= 4 is 33.4 Å². The molecule has 21 heavy (non-hydrogen) atoms. The topological polar surface area (TPSA) is 58.2 Å². The van der Waals surface area contributed by atoms with Crippen LogP contribution in [0.1, 0.15) is 39.2 Å². The van der Waals surface area contributed by atoms with Gasteiger partial charge in [0.05, 0.1) is 0 Å². The zero-order chi connectivity index (χ0) is 16.0. The van der Waals surface area contributed by atoms with Crippen LogP contribution in [0.2, 0.25) is 0 Å². The first-order valence-electron chi connectivity index (χ1n) is 7.04. The lowest BCUT2D eigenvalue weighted by atomic mass is 9.96. The summed E-state index contributed by atoms with van der Waals surface area (Å²) in [7, 11) is 0. The number of rotatable bonds is 5. The van der Waals surface area contributed by atoms with Gasteiger partial charge in [-0.15, -0.1) is 0 Å². The molecule has 0 aliphatic rings. The molecule has 1 aromatic rings. The van der Waals surface area contributed by atoms with Crippen LogP contribution in [0.25, 0.3) is 0 Å². The second-order valence-electron chi connectivity index (χ2n) is 6.12. The Balaban J connectivity index is 2.32. The number of hydrogen-bond donors (Lipinski definition) is 2. The maximum atomic E-state index is 11.8. The molecule has 0 bridgehead atoms. The molecule has 4 nitrogen and oxygen atoms in total. The average Bonchev–Trinajstić information content (AvgIpc) is 2.37. The minimum absolute atomic E-state index is 0.00597. The number of carbonyl (C=O) groups is 2. The number of benzene rings is 1. The molecule has 5 heteroatoms. The molecule has 0 aliphatic carbocycles. The van der Waals surface area contributed by atoms with E-state index in [4.69, 9.17) is 0 Å². The summed E-state index contributed by atoms with van der Waals surface area (Å²) in [5.41, 5.74) is 1.47. The number of anilines is 1. The Labute approximate surface area is 134 Å². The van der Waals surface area contributed by atoms with Crippen molar-refractivity contribution in [2.45, 2.75) is 40.5 Å². The molecule has 0 unspecified atom stereocenters. The van der Waals surface area contributed by atoms with Gasteiger partial charge >= 0.3 is 0 Å². The smallest absolute Gasteiger partial charge is 0.225 e. The van der Waals surface area contributed by atoms with Crippen LogP contribution in [-0.2, 0) is 9.59 Å². The normalized spacial score (nSPS) is 11.1. The van der Waals surface area contributed by atoms with E-state index in [9.17, 15) is 9.59 Å². The SMILES string of the molecule is Cc1cc(NC(=O)CCCNC(=O)C(C)(C)C)ccc1Br. The van der Waals surface area contributed by atoms with E-state index < -0.39 is 5.41 Å². The van der Waals surface area contributed by atoms with Gasteiger partial charge in [0.2, 0.25) is 11.8 Å². The van der Waals surface area contributed by atoms with Crippen LogP contribution in [0, 0.1) is 12.3 Å². The third-order valence-electron chi connectivity index (χ3n) is 2.99. The minimum Gasteiger partial charge on any atom is -0.356 e. The Hall–Kier alpha value is -1.36. The third kappa shape index (κ3) is 6.29. The van der Waals surface area contributed by atoms with Crippen LogP contribution in [0.3, 0.4) is 0 Å². The van der Waals surface area contributed by atoms with Gasteiger partial charge in [0, 0.05) is 28.5 Å². The molecule has 2 amide bonds. The summed E-state index contributed by atoms with van der Waals surface area (Å²) in [6, 6.07) is 5.69. The molecule has 0 heterocycles. The van der Waals surface area contributed by atoms with Crippen molar-refractivity contribution in [3.8, 4) is 0 Å². The van der Waals surface area contributed by atoms with Gasteiger partial charge in [-0.2, -0.15) is 0 Å². The van der Waals surface area contributed by atoms with Crippen LogP contribution in [0.5, 0.6) is 0 Å². The van der Waals surface area contributed by atoms with E-state index in [1.54, 1.807) is 0 Å². The highest BCUT2D eigenvalue weighted by Crippen LogP contribution is 2.20. The van der Waals surface area contributed by atoms with Crippen molar-refractivity contribution in [1.29, 1.82) is 0 Å². The Morgan fingerprint density at radius 2 is 1.90 bits per heavy atom. The van der Waals surface area contributed by atoms with E-state index in [1.807, 2.05) is 45.9 Å². The van der Waals surface area contributed by atoms with E-state index in [0.717, 1.165) is 15.7 Å². The first-order valence-corrected chi connectivity index (χ1v) is 7.84. The van der Waals surface area contributed by atoms with Gasteiger partial charge in [-0.05, 0) is 37.1 Å². The number of carbonyl (C=O) groups excluding carboxylic acids is 2. The molecular formula is C16H23BrN2O2. The number of hydrogen-bond acceptors (Lipinski definition) is 2. The lowest BCUT2D eigenvalue weighted by Crippen LogP contribution is -2.35. The average molecular weight is 355 g/mol. The zero-order valence-electron chi connectivity index (χ0n) is 13.0. The van der Waals surface area contributed by atoms with Crippen LogP contribution >= 0.6 is 15.9 Å². The summed E-state index contributed by atoms with van der Waals surface area (Å²) in [4.78, 5) is 23.5. The van der Waals surface area contributed by atoms with Crippen molar-refractivity contribution in [1.82, 2.24) is 5.32 Å². The van der Waals surface area contributed by atoms with E-state index in [2.05, 4.69) is 26.6 Å². The number of aryl methyl sites for hydroxylation is 1. The lowest BCUT2D eigenvalue weighted by Gasteiger charge is -2.17. The van der Waals surface area contributed by atoms with E-state index in [0.29, 0.717) is 19.4 Å². The minimum atomic E-state index is -0.392. The van der Waals surface area contributed by atoms with E-state index in [1.165, 1.54) is 0 Å². The maximum absolute atomic E-state index is 11.8. The molecular weight excluding hydrogens is 332 g/mol. The van der Waals surface area contributed by atoms with Crippen molar-refractivity contribution in [3.63, 3.8) is 0 Å². The Morgan fingerprint density at radius 3 is 2.48 bits per heavy atom. The van der Waals surface area contributed by atoms with Gasteiger partial charge < -0.3 is 10.6 Å². The predicted molar refractivity (Wildman–Crippen MR) is 89.2 cm³/mol. The van der Waals surface area contributed by atoms with Crippen molar-refractivity contribution < 1.29 is 9.59 Å². The monoisotopic (exact) mass is 354 g/mol. The number of amides is 2. The summed E-state index contributed by atoms with van der Waals surface area (Å²) in [5, 5.41) is 5.69. The third-order valence-corrected chi connectivity index (χ3v) is 3.88. The standard InChI is InChI=1S/C16H23BrN2O2/c1-11-10-12(7-8-13(11)17)19-14(20)6-5-9-18-15(21)16(2,3)4/h7-8,10H,5-6,9H2,1-4H3,(H,18,21)(H,19,20). The highest BCUT2D eigenvalue weighted by atomic mass is 79.9. The Kier molecular flexibility index (Phi) is 6.40. The zero-order valence-corrected chi connectivity index (χ0v) is 14.6. The molecule has 0 aliphatic heterocycles. The predicted octanol–water partition coefficient (Wildman–Crippen LogP) is 3.64. The molecule has 0 atom stereocenters. The van der Waals surface area contributed by atoms with Crippen LogP contribution < -0.4 is 10.6 Å². The summed E-state index contributed by atoms with van der Waals surface area (Å²) in [6.45, 7) is 8.09. The summed E-state index contributed by atoms with van der Waals surface area (Å²) in [6.07, 6.45) is 1.02. The van der Waals surface area contributed by atoms with Crippen LogP contribution in [-0.4, -0.2) is 18.4 Å². The largest absolute Gasteiger partial charge is 0.356 e. The summed E-state index contributed by atoms with van der Waals surface area (Å²) < 4.78 is 1.02. The molecule has 0 radical (unpaired) electrons. The van der Waals surface area contributed by atoms with Crippen LogP contribution in [0.4, 0.5) is 5.69 Å². The Morgan fingerprint density at radius 1 is 1.24 bits per heavy atom. The highest BCUT2D eigenvalue weighted by Gasteiger charge is 2.20. The molecule has 0 saturated carbocycles. The first kappa shape index (κ1) is 17.7. The van der Waals surface area contributed by atoms with Crippen molar-refractivity contribution in [2.75, 3.05) is 11.9 Å². The molecule has 0 spiro atoms. The Bertz CT molecular complexity index is 521. The molecule has 1 aromatic carbocycles. The lowest BCUT2D eigenvalue weighted by molar-refractivity contribution is -0.128. The molecule has 1 rings (SSSR count).